The zero-order chi connectivity index (χ0) is 32.9. The summed E-state index contributed by atoms with van der Waals surface area (Å²) >= 11 is 0. The van der Waals surface area contributed by atoms with E-state index in [2.05, 4.69) is 25.2 Å². The van der Waals surface area contributed by atoms with Crippen molar-refractivity contribution in [2.45, 2.75) is 142 Å². The molecule has 0 radical (unpaired) electrons. The molecule has 44 heavy (non-hydrogen) atoms. The lowest BCUT2D eigenvalue weighted by atomic mass is 9.92. The summed E-state index contributed by atoms with van der Waals surface area (Å²) < 4.78 is 10.9. The molecule has 1 aliphatic heterocycles. The number of aliphatic hydroxyl groups is 3. The maximum atomic E-state index is 12.8. The molecular weight excluding hydrogens is 562 g/mol. The van der Waals surface area contributed by atoms with Gasteiger partial charge in [0, 0.05) is 32.9 Å². The third-order valence-corrected chi connectivity index (χ3v) is 8.49. The van der Waals surface area contributed by atoms with Crippen LogP contribution >= 0.6 is 0 Å². The fraction of sp³-hybridized carbons (Fsp3) is 0.800. The van der Waals surface area contributed by atoms with Crippen LogP contribution in [0.1, 0.15) is 118 Å². The number of amides is 1. The second kappa shape index (κ2) is 23.3. The molecular formula is C35H61NO8. The maximum absolute atomic E-state index is 12.8. The van der Waals surface area contributed by atoms with Crippen molar-refractivity contribution in [2.75, 3.05) is 20.3 Å². The van der Waals surface area contributed by atoms with Crippen LogP contribution in [-0.4, -0.2) is 77.7 Å². The van der Waals surface area contributed by atoms with Crippen molar-refractivity contribution in [3.05, 3.63) is 23.8 Å². The number of hydrogen-bond donors (Lipinski definition) is 4. The average Bonchev–Trinajstić information content (AvgIpc) is 2.98. The molecule has 0 spiro atoms. The molecule has 0 aliphatic carbocycles. The standard InChI is InChI=1S/C35H61NO8/c1-6-12-33-34(41)36-23-30(38)22-32(40)31(39)20-19-28(24-43-5)16-10-14-27(7-2)15-11-18-29(37)17-9-8-13-25(3)21-26(4)35(42)44-33/h10,14,16,25-27,30-33,38-40H,6-9,11-13,15,17-24H2,1-5H3,(H,36,41)/b14-10-,28-16-/t25-,26-,27-,30+,31+,32-,33+/m1/s1. The lowest BCUT2D eigenvalue weighted by Crippen LogP contribution is -2.43. The van der Waals surface area contributed by atoms with Gasteiger partial charge in [0.1, 0.15) is 5.78 Å². The number of β-amino-alcohol motifs (C(OH)–C–C–N with tert-alkyl or cyclic N) is 1. The first-order valence-corrected chi connectivity index (χ1v) is 16.9. The Morgan fingerprint density at radius 1 is 0.932 bits per heavy atom. The molecule has 0 aromatic carbocycles. The van der Waals surface area contributed by atoms with Gasteiger partial charge < -0.3 is 30.1 Å². The number of Topliss-reactive ketones (excluding diaryl/α,β-unsaturated/α-hetero) is 1. The van der Waals surface area contributed by atoms with Gasteiger partial charge in [0.05, 0.1) is 30.8 Å². The van der Waals surface area contributed by atoms with Crippen LogP contribution in [0.4, 0.5) is 0 Å². The minimum Gasteiger partial charge on any atom is -0.452 e. The highest BCUT2D eigenvalue weighted by atomic mass is 16.5. The number of cyclic esters (lactones) is 1. The van der Waals surface area contributed by atoms with Gasteiger partial charge in [-0.05, 0) is 68.8 Å². The van der Waals surface area contributed by atoms with Crippen molar-refractivity contribution >= 4 is 17.7 Å². The van der Waals surface area contributed by atoms with Crippen molar-refractivity contribution in [2.24, 2.45) is 17.8 Å². The van der Waals surface area contributed by atoms with Crippen molar-refractivity contribution in [3.8, 4) is 0 Å². The van der Waals surface area contributed by atoms with Gasteiger partial charge in [-0.2, -0.15) is 0 Å². The molecule has 0 fully saturated rings. The van der Waals surface area contributed by atoms with Gasteiger partial charge in [0.25, 0.3) is 5.91 Å². The third kappa shape index (κ3) is 17.4. The van der Waals surface area contributed by atoms with Gasteiger partial charge in [-0.25, -0.2) is 0 Å². The van der Waals surface area contributed by atoms with Crippen LogP contribution in [0.15, 0.2) is 23.8 Å². The molecule has 1 rings (SSSR count). The Labute approximate surface area is 265 Å². The largest absolute Gasteiger partial charge is 0.452 e. The first kappa shape index (κ1) is 40.0. The van der Waals surface area contributed by atoms with E-state index in [-0.39, 0.29) is 31.2 Å². The van der Waals surface area contributed by atoms with E-state index in [1.807, 2.05) is 26.0 Å². The molecule has 0 aromatic rings. The summed E-state index contributed by atoms with van der Waals surface area (Å²) in [6.45, 7) is 8.21. The lowest BCUT2D eigenvalue weighted by Gasteiger charge is -2.23. The summed E-state index contributed by atoms with van der Waals surface area (Å²) in [5, 5.41) is 34.1. The predicted octanol–water partition coefficient (Wildman–Crippen LogP) is 5.20. The number of methoxy groups -OCH3 is 1. The van der Waals surface area contributed by atoms with Crippen molar-refractivity contribution in [3.63, 3.8) is 0 Å². The Kier molecular flexibility index (Phi) is 21.2. The molecule has 7 atom stereocenters. The highest BCUT2D eigenvalue weighted by Crippen LogP contribution is 2.22. The summed E-state index contributed by atoms with van der Waals surface area (Å²) in [6.07, 6.45) is 10.9. The van der Waals surface area contributed by atoms with Crippen LogP contribution in [0, 0.1) is 17.8 Å². The Balaban J connectivity index is 2.96. The fourth-order valence-corrected chi connectivity index (χ4v) is 5.63. The first-order chi connectivity index (χ1) is 21.0. The highest BCUT2D eigenvalue weighted by molar-refractivity contribution is 5.84. The number of carbonyl (C=O) groups excluding carboxylic acids is 3. The van der Waals surface area contributed by atoms with Gasteiger partial charge in [-0.1, -0.05) is 65.2 Å². The molecule has 1 heterocycles. The van der Waals surface area contributed by atoms with Crippen molar-refractivity contribution in [1.82, 2.24) is 5.32 Å². The smallest absolute Gasteiger partial charge is 0.309 e. The first-order valence-electron chi connectivity index (χ1n) is 16.9. The summed E-state index contributed by atoms with van der Waals surface area (Å²) in [7, 11) is 1.61. The molecule has 9 nitrogen and oxygen atoms in total. The van der Waals surface area contributed by atoms with E-state index in [0.717, 1.165) is 44.1 Å². The number of rotatable bonds is 5. The maximum Gasteiger partial charge on any atom is 0.309 e. The quantitative estimate of drug-likeness (QED) is 0.306. The molecule has 0 saturated heterocycles. The lowest BCUT2D eigenvalue weighted by molar-refractivity contribution is -0.160. The van der Waals surface area contributed by atoms with Gasteiger partial charge in [-0.15, -0.1) is 0 Å². The molecule has 0 unspecified atom stereocenters. The zero-order valence-electron chi connectivity index (χ0n) is 28.0. The predicted molar refractivity (Wildman–Crippen MR) is 173 cm³/mol. The van der Waals surface area contributed by atoms with E-state index in [1.165, 1.54) is 0 Å². The topological polar surface area (TPSA) is 142 Å². The van der Waals surface area contributed by atoms with Crippen LogP contribution in [0.3, 0.4) is 0 Å². The Hall–Kier alpha value is -2.07. The highest BCUT2D eigenvalue weighted by Gasteiger charge is 2.27. The van der Waals surface area contributed by atoms with Crippen LogP contribution in [0.5, 0.6) is 0 Å². The third-order valence-electron chi connectivity index (χ3n) is 8.49. The fourth-order valence-electron chi connectivity index (χ4n) is 5.63. The van der Waals surface area contributed by atoms with E-state index in [1.54, 1.807) is 7.11 Å². The van der Waals surface area contributed by atoms with Gasteiger partial charge in [-0.3, -0.25) is 14.4 Å². The van der Waals surface area contributed by atoms with Crippen LogP contribution in [0.25, 0.3) is 0 Å². The minimum absolute atomic E-state index is 0.113. The normalized spacial score (nSPS) is 32.8. The average molecular weight is 624 g/mol. The monoisotopic (exact) mass is 623 g/mol. The van der Waals surface area contributed by atoms with E-state index in [0.29, 0.717) is 56.8 Å². The molecule has 9 heteroatoms. The molecule has 1 aliphatic rings. The SMILES string of the molecule is CCC[C@@H]1OC(=O)[C@H](C)C[C@H](C)CCCCC(=O)CCC[C@H](CC)/C=C\C=C(/COC)CC[C@H](O)[C@H](O)C[C@H](O)CNC1=O. The van der Waals surface area contributed by atoms with Gasteiger partial charge in [0.15, 0.2) is 6.10 Å². The van der Waals surface area contributed by atoms with Crippen molar-refractivity contribution < 1.29 is 39.2 Å². The number of ketones is 1. The second-order valence-electron chi connectivity index (χ2n) is 12.8. The van der Waals surface area contributed by atoms with E-state index < -0.39 is 36.3 Å². The molecule has 254 valence electrons. The van der Waals surface area contributed by atoms with E-state index in [4.69, 9.17) is 9.47 Å². The molecule has 4 N–H and O–H groups in total. The molecule has 0 aromatic heterocycles. The number of nitrogens with one attached hydrogen (secondary N) is 1. The summed E-state index contributed by atoms with van der Waals surface area (Å²) in [4.78, 5) is 38.1. The Morgan fingerprint density at radius 2 is 1.66 bits per heavy atom. The van der Waals surface area contributed by atoms with Gasteiger partial charge >= 0.3 is 5.97 Å². The van der Waals surface area contributed by atoms with Gasteiger partial charge in [0.2, 0.25) is 0 Å². The second-order valence-corrected chi connectivity index (χ2v) is 12.8. The molecule has 0 saturated carbocycles. The molecule has 1 amide bonds. The van der Waals surface area contributed by atoms with Crippen LogP contribution in [0.2, 0.25) is 0 Å². The number of esters is 1. The summed E-state index contributed by atoms with van der Waals surface area (Å²) in [5.41, 5.74) is 0.973. The van der Waals surface area contributed by atoms with Crippen LogP contribution in [-0.2, 0) is 23.9 Å². The Bertz CT molecular complexity index is 888. The van der Waals surface area contributed by atoms with Crippen LogP contribution < -0.4 is 5.32 Å². The van der Waals surface area contributed by atoms with E-state index in [9.17, 15) is 29.7 Å². The number of ether oxygens (including phenoxy) is 2. The number of aliphatic hydroxyl groups excluding tert-OH is 3. The summed E-state index contributed by atoms with van der Waals surface area (Å²) in [5.74, 6) is -0.318. The zero-order valence-corrected chi connectivity index (χ0v) is 28.0. The molecule has 0 bridgehead atoms. The van der Waals surface area contributed by atoms with E-state index >= 15 is 0 Å². The summed E-state index contributed by atoms with van der Waals surface area (Å²) in [6, 6.07) is 0. The van der Waals surface area contributed by atoms with Crippen molar-refractivity contribution in [1.29, 1.82) is 0 Å². The minimum atomic E-state index is -1.17. The number of allylic oxidation sites excluding steroid dienone is 3. The number of hydrogen-bond acceptors (Lipinski definition) is 8. The number of carbonyl (C=O) groups is 3. The Morgan fingerprint density at radius 3 is 2.34 bits per heavy atom.